The molecule has 0 atom stereocenters. The molecule has 20 heavy (non-hydrogen) atoms. The Morgan fingerprint density at radius 1 is 1.10 bits per heavy atom. The highest BCUT2D eigenvalue weighted by Crippen LogP contribution is 2.45. The molecule has 0 spiro atoms. The van der Waals surface area contributed by atoms with Crippen molar-refractivity contribution in [1.29, 1.82) is 0 Å². The number of aromatic carboxylic acids is 1. The molecule has 3 nitrogen and oxygen atoms in total. The molecule has 1 aromatic heterocycles. The number of nitrogens with zero attached hydrogens (tertiary/aromatic N) is 1. The van der Waals surface area contributed by atoms with Crippen LogP contribution in [-0.4, -0.2) is 16.1 Å². The summed E-state index contributed by atoms with van der Waals surface area (Å²) in [6.07, 6.45) is 4.74. The first-order chi connectivity index (χ1) is 9.72. The number of hydrogen-bond acceptors (Lipinski definition) is 3. The molecule has 2 aliphatic rings. The molecule has 0 aliphatic heterocycles. The van der Waals surface area contributed by atoms with E-state index in [1.807, 2.05) is 0 Å². The highest BCUT2D eigenvalue weighted by Gasteiger charge is 2.32. The molecule has 0 bridgehead atoms. The summed E-state index contributed by atoms with van der Waals surface area (Å²) in [5.74, 6) is 0.277. The third-order valence-corrected chi connectivity index (χ3v) is 5.13. The lowest BCUT2D eigenvalue weighted by Crippen LogP contribution is -1.97. The standard InChI is InChI=1S/C16H15NO2S/c18-16(19)14-13(11-5-6-11)17-15(20-14)12-7-3-10(4-8-12)9-1-2-9/h3-4,7-9,11H,1-2,5-6H2,(H,18,19). The Kier molecular flexibility index (Phi) is 2.67. The van der Waals surface area contributed by atoms with Crippen molar-refractivity contribution in [2.75, 3.05) is 0 Å². The molecule has 0 saturated heterocycles. The van der Waals surface area contributed by atoms with Gasteiger partial charge >= 0.3 is 5.97 Å². The normalized spacial score (nSPS) is 18.2. The lowest BCUT2D eigenvalue weighted by molar-refractivity contribution is 0.0700. The second-order valence-electron chi connectivity index (χ2n) is 5.71. The van der Waals surface area contributed by atoms with Gasteiger partial charge in [-0.2, -0.15) is 0 Å². The van der Waals surface area contributed by atoms with Crippen molar-refractivity contribution >= 4 is 17.3 Å². The fourth-order valence-corrected chi connectivity index (χ4v) is 3.55. The number of carboxylic acid groups (broad SMARTS) is 1. The SMILES string of the molecule is O=C(O)c1sc(-c2ccc(C3CC3)cc2)nc1C1CC1. The average molecular weight is 285 g/mol. The van der Waals surface area contributed by atoms with E-state index in [1.165, 1.54) is 29.7 Å². The zero-order valence-electron chi connectivity index (χ0n) is 11.0. The number of benzene rings is 1. The van der Waals surface area contributed by atoms with Gasteiger partial charge in [0.15, 0.2) is 0 Å². The van der Waals surface area contributed by atoms with Crippen LogP contribution in [0, 0.1) is 0 Å². The molecule has 4 heteroatoms. The maximum atomic E-state index is 11.3. The summed E-state index contributed by atoms with van der Waals surface area (Å²) < 4.78 is 0. The molecule has 0 radical (unpaired) electrons. The molecule has 1 aromatic carbocycles. The fraction of sp³-hybridized carbons (Fsp3) is 0.375. The molecule has 1 heterocycles. The molecule has 0 unspecified atom stereocenters. The monoisotopic (exact) mass is 285 g/mol. The zero-order chi connectivity index (χ0) is 13.7. The number of rotatable bonds is 4. The Hall–Kier alpha value is -1.68. The lowest BCUT2D eigenvalue weighted by atomic mass is 10.1. The maximum Gasteiger partial charge on any atom is 0.347 e. The van der Waals surface area contributed by atoms with Gasteiger partial charge in [-0.3, -0.25) is 0 Å². The molecule has 2 aromatic rings. The minimum Gasteiger partial charge on any atom is -0.477 e. The molecule has 102 valence electrons. The van der Waals surface area contributed by atoms with E-state index in [9.17, 15) is 9.90 Å². The number of carboxylic acids is 1. The number of carbonyl (C=O) groups is 1. The van der Waals surface area contributed by atoms with Crippen LogP contribution in [0.4, 0.5) is 0 Å². The smallest absolute Gasteiger partial charge is 0.347 e. The fourth-order valence-electron chi connectivity index (χ4n) is 2.56. The van der Waals surface area contributed by atoms with Crippen LogP contribution in [0.25, 0.3) is 10.6 Å². The summed E-state index contributed by atoms with van der Waals surface area (Å²) in [4.78, 5) is 16.3. The maximum absolute atomic E-state index is 11.3. The largest absolute Gasteiger partial charge is 0.477 e. The van der Waals surface area contributed by atoms with E-state index in [1.54, 1.807) is 0 Å². The predicted octanol–water partition coefficient (Wildman–Crippen LogP) is 4.26. The van der Waals surface area contributed by atoms with Gasteiger partial charge in [-0.15, -0.1) is 11.3 Å². The van der Waals surface area contributed by atoms with E-state index in [4.69, 9.17) is 0 Å². The number of hydrogen-bond donors (Lipinski definition) is 1. The van der Waals surface area contributed by atoms with Crippen molar-refractivity contribution in [2.45, 2.75) is 37.5 Å². The molecule has 1 N–H and O–H groups in total. The van der Waals surface area contributed by atoms with Crippen molar-refractivity contribution in [1.82, 2.24) is 4.98 Å². The second-order valence-corrected chi connectivity index (χ2v) is 6.71. The van der Waals surface area contributed by atoms with Gasteiger partial charge in [0.25, 0.3) is 0 Å². The minimum atomic E-state index is -0.842. The van der Waals surface area contributed by atoms with Crippen LogP contribution >= 0.6 is 11.3 Å². The second kappa shape index (κ2) is 4.42. The summed E-state index contributed by atoms with van der Waals surface area (Å²) in [7, 11) is 0. The van der Waals surface area contributed by atoms with Gasteiger partial charge in [0.2, 0.25) is 0 Å². The van der Waals surface area contributed by atoms with Crippen LogP contribution < -0.4 is 0 Å². The van der Waals surface area contributed by atoms with E-state index in [0.717, 1.165) is 35.0 Å². The first-order valence-electron chi connectivity index (χ1n) is 7.06. The van der Waals surface area contributed by atoms with Crippen molar-refractivity contribution in [3.8, 4) is 10.6 Å². The summed E-state index contributed by atoms with van der Waals surface area (Å²) in [6, 6.07) is 8.47. The van der Waals surface area contributed by atoms with Crippen LogP contribution in [-0.2, 0) is 0 Å². The summed E-state index contributed by atoms with van der Waals surface area (Å²) in [5.41, 5.74) is 3.23. The topological polar surface area (TPSA) is 50.2 Å². The van der Waals surface area contributed by atoms with E-state index >= 15 is 0 Å². The van der Waals surface area contributed by atoms with Crippen molar-refractivity contribution in [3.05, 3.63) is 40.4 Å². The quantitative estimate of drug-likeness (QED) is 0.913. The van der Waals surface area contributed by atoms with Crippen LogP contribution in [0.15, 0.2) is 24.3 Å². The molecular weight excluding hydrogens is 270 g/mol. The zero-order valence-corrected chi connectivity index (χ0v) is 11.8. The summed E-state index contributed by atoms with van der Waals surface area (Å²) in [5, 5.41) is 10.1. The third-order valence-electron chi connectivity index (χ3n) is 4.02. The highest BCUT2D eigenvalue weighted by atomic mass is 32.1. The molecule has 0 amide bonds. The number of thiazole rings is 1. The molecule has 4 rings (SSSR count). The van der Waals surface area contributed by atoms with Crippen LogP contribution in [0.3, 0.4) is 0 Å². The Labute approximate surface area is 121 Å². The van der Waals surface area contributed by atoms with E-state index < -0.39 is 5.97 Å². The summed E-state index contributed by atoms with van der Waals surface area (Å²) in [6.45, 7) is 0. The molecule has 2 fully saturated rings. The van der Waals surface area contributed by atoms with E-state index in [0.29, 0.717) is 10.8 Å². The average Bonchev–Trinajstić information content (AvgIpc) is 3.36. The molecular formula is C16H15NO2S. The van der Waals surface area contributed by atoms with E-state index in [2.05, 4.69) is 29.2 Å². The Morgan fingerprint density at radius 2 is 1.75 bits per heavy atom. The first kappa shape index (κ1) is 12.1. The Morgan fingerprint density at radius 3 is 2.30 bits per heavy atom. The van der Waals surface area contributed by atoms with Gasteiger partial charge in [-0.05, 0) is 37.2 Å². The molecule has 2 aliphatic carbocycles. The van der Waals surface area contributed by atoms with Crippen molar-refractivity contribution in [3.63, 3.8) is 0 Å². The van der Waals surface area contributed by atoms with Gasteiger partial charge in [-0.1, -0.05) is 24.3 Å². The lowest BCUT2D eigenvalue weighted by Gasteiger charge is -1.99. The van der Waals surface area contributed by atoms with Gasteiger partial charge in [-0.25, -0.2) is 9.78 Å². The van der Waals surface area contributed by atoms with Crippen LogP contribution in [0.5, 0.6) is 0 Å². The predicted molar refractivity (Wildman–Crippen MR) is 78.5 cm³/mol. The summed E-state index contributed by atoms with van der Waals surface area (Å²) >= 11 is 1.31. The third kappa shape index (κ3) is 2.14. The highest BCUT2D eigenvalue weighted by molar-refractivity contribution is 7.17. The number of aromatic nitrogens is 1. The van der Waals surface area contributed by atoms with Crippen molar-refractivity contribution < 1.29 is 9.90 Å². The van der Waals surface area contributed by atoms with E-state index in [-0.39, 0.29) is 0 Å². The van der Waals surface area contributed by atoms with Gasteiger partial charge in [0, 0.05) is 11.5 Å². The molecule has 2 saturated carbocycles. The van der Waals surface area contributed by atoms with Crippen LogP contribution in [0.1, 0.15) is 58.4 Å². The Balaban J connectivity index is 1.70. The van der Waals surface area contributed by atoms with Crippen LogP contribution in [0.2, 0.25) is 0 Å². The first-order valence-corrected chi connectivity index (χ1v) is 7.88. The van der Waals surface area contributed by atoms with Gasteiger partial charge in [0.05, 0.1) is 5.69 Å². The minimum absolute atomic E-state index is 0.372. The van der Waals surface area contributed by atoms with Gasteiger partial charge < -0.3 is 5.11 Å². The van der Waals surface area contributed by atoms with Gasteiger partial charge in [0.1, 0.15) is 9.88 Å². The van der Waals surface area contributed by atoms with Crippen molar-refractivity contribution in [2.24, 2.45) is 0 Å². The Bertz CT molecular complexity index is 666.